The molecule has 0 radical (unpaired) electrons. The van der Waals surface area contributed by atoms with E-state index in [0.29, 0.717) is 17.8 Å². The molecule has 3 heteroatoms. The van der Waals surface area contributed by atoms with E-state index in [1.165, 1.54) is 0 Å². The number of hydrogen-bond acceptors (Lipinski definition) is 3. The van der Waals surface area contributed by atoms with Crippen LogP contribution in [0, 0.1) is 17.8 Å². The van der Waals surface area contributed by atoms with Crippen LogP contribution in [0.3, 0.4) is 0 Å². The molecule has 1 aromatic carbocycles. The molecule has 3 nitrogen and oxygen atoms in total. The summed E-state index contributed by atoms with van der Waals surface area (Å²) < 4.78 is 0. The lowest BCUT2D eigenvalue weighted by atomic mass is 9.85. The number of rotatable bonds is 5. The van der Waals surface area contributed by atoms with Crippen LogP contribution in [0.15, 0.2) is 30.5 Å². The summed E-state index contributed by atoms with van der Waals surface area (Å²) in [7, 11) is 0. The van der Waals surface area contributed by atoms with Gasteiger partial charge in [-0.15, -0.1) is 0 Å². The smallest absolute Gasteiger partial charge is 0.0743 e. The van der Waals surface area contributed by atoms with Gasteiger partial charge in [0.1, 0.15) is 0 Å². The fourth-order valence-corrected chi connectivity index (χ4v) is 2.79. The molecule has 0 unspecified atom stereocenters. The van der Waals surface area contributed by atoms with E-state index in [1.54, 1.807) is 0 Å². The zero-order valence-electron chi connectivity index (χ0n) is 12.9. The van der Waals surface area contributed by atoms with Crippen LogP contribution in [0.4, 0.5) is 11.4 Å². The number of aromatic nitrogens is 1. The van der Waals surface area contributed by atoms with E-state index in [1.807, 2.05) is 30.5 Å². The third-order valence-corrected chi connectivity index (χ3v) is 4.01. The van der Waals surface area contributed by atoms with Crippen LogP contribution in [0.25, 0.3) is 10.9 Å². The number of nitrogens with two attached hydrogens (primary N) is 1. The minimum Gasteiger partial charge on any atom is -0.399 e. The highest BCUT2D eigenvalue weighted by Crippen LogP contribution is 2.26. The van der Waals surface area contributed by atoms with Crippen LogP contribution in [0.5, 0.6) is 0 Å². The minimum absolute atomic E-state index is 0.659. The number of nitrogens with zero attached hydrogens (tertiary/aromatic N) is 1. The first-order valence-electron chi connectivity index (χ1n) is 7.37. The van der Waals surface area contributed by atoms with Crippen molar-refractivity contribution in [1.82, 2.24) is 4.98 Å². The quantitative estimate of drug-likeness (QED) is 0.803. The van der Waals surface area contributed by atoms with Crippen molar-refractivity contribution in [2.24, 2.45) is 17.8 Å². The Balaban J connectivity index is 2.21. The van der Waals surface area contributed by atoms with Crippen LogP contribution < -0.4 is 11.1 Å². The van der Waals surface area contributed by atoms with Crippen molar-refractivity contribution in [3.63, 3.8) is 0 Å². The zero-order chi connectivity index (χ0) is 14.7. The molecule has 0 saturated carbocycles. The molecule has 0 atom stereocenters. The van der Waals surface area contributed by atoms with Gasteiger partial charge >= 0.3 is 0 Å². The molecular formula is C17H25N3. The monoisotopic (exact) mass is 271 g/mol. The highest BCUT2D eigenvalue weighted by Gasteiger charge is 2.17. The number of benzene rings is 1. The Labute approximate surface area is 121 Å². The molecular weight excluding hydrogens is 246 g/mol. The van der Waals surface area contributed by atoms with Gasteiger partial charge in [-0.2, -0.15) is 0 Å². The summed E-state index contributed by atoms with van der Waals surface area (Å²) in [6.07, 6.45) is 1.84. The average Bonchev–Trinajstić information content (AvgIpc) is 2.37. The molecule has 0 bridgehead atoms. The van der Waals surface area contributed by atoms with Gasteiger partial charge in [0.2, 0.25) is 0 Å². The molecule has 20 heavy (non-hydrogen) atoms. The predicted molar refractivity (Wildman–Crippen MR) is 87.8 cm³/mol. The molecule has 0 aliphatic heterocycles. The van der Waals surface area contributed by atoms with Crippen molar-refractivity contribution < 1.29 is 0 Å². The van der Waals surface area contributed by atoms with E-state index in [4.69, 9.17) is 5.73 Å². The number of nitrogens with one attached hydrogen (secondary N) is 1. The van der Waals surface area contributed by atoms with Gasteiger partial charge in [-0.1, -0.05) is 27.7 Å². The first-order chi connectivity index (χ1) is 9.49. The largest absolute Gasteiger partial charge is 0.399 e. The first-order valence-corrected chi connectivity index (χ1v) is 7.37. The molecule has 0 fully saturated rings. The molecule has 0 aliphatic rings. The summed E-state index contributed by atoms with van der Waals surface area (Å²) >= 11 is 0. The topological polar surface area (TPSA) is 50.9 Å². The van der Waals surface area contributed by atoms with E-state index in [0.717, 1.165) is 28.8 Å². The van der Waals surface area contributed by atoms with Crippen molar-refractivity contribution in [2.45, 2.75) is 27.7 Å². The van der Waals surface area contributed by atoms with Gasteiger partial charge < -0.3 is 11.1 Å². The zero-order valence-corrected chi connectivity index (χ0v) is 12.9. The Kier molecular flexibility index (Phi) is 4.48. The molecule has 2 aromatic rings. The number of hydrogen-bond donors (Lipinski definition) is 2. The van der Waals surface area contributed by atoms with Gasteiger partial charge in [0.15, 0.2) is 0 Å². The number of pyridine rings is 1. The Hall–Kier alpha value is -1.77. The second-order valence-electron chi connectivity index (χ2n) is 6.17. The molecule has 0 aliphatic carbocycles. The van der Waals surface area contributed by atoms with Crippen molar-refractivity contribution >= 4 is 22.3 Å². The average molecular weight is 271 g/mol. The maximum atomic E-state index is 5.82. The summed E-state index contributed by atoms with van der Waals surface area (Å²) in [5, 5.41) is 4.72. The Morgan fingerprint density at radius 2 is 1.80 bits per heavy atom. The molecule has 0 amide bonds. The number of anilines is 2. The van der Waals surface area contributed by atoms with Gasteiger partial charge in [0.05, 0.1) is 5.52 Å². The van der Waals surface area contributed by atoms with Crippen molar-refractivity contribution in [1.29, 1.82) is 0 Å². The Morgan fingerprint density at radius 3 is 2.45 bits per heavy atom. The molecule has 0 spiro atoms. The van der Waals surface area contributed by atoms with Crippen LogP contribution in [0.1, 0.15) is 27.7 Å². The molecule has 1 heterocycles. The lowest BCUT2D eigenvalue weighted by molar-refractivity contribution is 0.304. The summed E-state index contributed by atoms with van der Waals surface area (Å²) in [5.41, 5.74) is 8.65. The van der Waals surface area contributed by atoms with Crippen molar-refractivity contribution in [3.8, 4) is 0 Å². The normalized spacial score (nSPS) is 11.8. The second kappa shape index (κ2) is 6.12. The van der Waals surface area contributed by atoms with Crippen LogP contribution in [-0.2, 0) is 0 Å². The maximum absolute atomic E-state index is 5.82. The highest BCUT2D eigenvalue weighted by molar-refractivity contribution is 5.92. The summed E-state index contributed by atoms with van der Waals surface area (Å²) in [6.45, 7) is 10.1. The lowest BCUT2D eigenvalue weighted by Gasteiger charge is -2.25. The summed E-state index contributed by atoms with van der Waals surface area (Å²) in [4.78, 5) is 4.38. The van der Waals surface area contributed by atoms with Gasteiger partial charge in [-0.3, -0.25) is 4.98 Å². The van der Waals surface area contributed by atoms with E-state index >= 15 is 0 Å². The van der Waals surface area contributed by atoms with Gasteiger partial charge in [0.25, 0.3) is 0 Å². The van der Waals surface area contributed by atoms with Crippen LogP contribution in [-0.4, -0.2) is 11.5 Å². The molecule has 108 valence electrons. The van der Waals surface area contributed by atoms with E-state index < -0.39 is 0 Å². The van der Waals surface area contributed by atoms with Crippen LogP contribution >= 0.6 is 0 Å². The fourth-order valence-electron chi connectivity index (χ4n) is 2.79. The van der Waals surface area contributed by atoms with E-state index in [-0.39, 0.29) is 0 Å². The van der Waals surface area contributed by atoms with Crippen LogP contribution in [0.2, 0.25) is 0 Å². The standard InChI is InChI=1S/C17H25N3/c1-11(2)15(12(3)4)10-20-16-7-8-19-17-9-13(18)5-6-14(16)17/h5-9,11-12,15H,10,18H2,1-4H3,(H,19,20). The second-order valence-corrected chi connectivity index (χ2v) is 6.17. The van der Waals surface area contributed by atoms with Gasteiger partial charge in [-0.05, 0) is 42.0 Å². The van der Waals surface area contributed by atoms with E-state index in [9.17, 15) is 0 Å². The summed E-state index contributed by atoms with van der Waals surface area (Å²) in [6, 6.07) is 7.93. The molecule has 0 saturated heterocycles. The fraction of sp³-hybridized carbons (Fsp3) is 0.471. The third kappa shape index (κ3) is 3.21. The number of nitrogen functional groups attached to an aromatic ring is 1. The van der Waals surface area contributed by atoms with Crippen molar-refractivity contribution in [3.05, 3.63) is 30.5 Å². The number of fused-ring (bicyclic) bond motifs is 1. The lowest BCUT2D eigenvalue weighted by Crippen LogP contribution is -2.24. The summed E-state index contributed by atoms with van der Waals surface area (Å²) in [5.74, 6) is 2.00. The molecule has 3 N–H and O–H groups in total. The van der Waals surface area contributed by atoms with Crippen molar-refractivity contribution in [2.75, 3.05) is 17.6 Å². The minimum atomic E-state index is 0.659. The first kappa shape index (κ1) is 14.6. The Morgan fingerprint density at radius 1 is 1.10 bits per heavy atom. The van der Waals surface area contributed by atoms with Gasteiger partial charge in [-0.25, -0.2) is 0 Å². The molecule has 2 rings (SSSR count). The predicted octanol–water partition coefficient (Wildman–Crippen LogP) is 4.16. The van der Waals surface area contributed by atoms with Gasteiger partial charge in [0, 0.05) is 29.5 Å². The molecule has 1 aromatic heterocycles. The third-order valence-electron chi connectivity index (χ3n) is 4.01. The SMILES string of the molecule is CC(C)C(CNc1ccnc2cc(N)ccc12)C(C)C. The van der Waals surface area contributed by atoms with E-state index in [2.05, 4.69) is 38.0 Å². The highest BCUT2D eigenvalue weighted by atomic mass is 14.9. The maximum Gasteiger partial charge on any atom is 0.0743 e. The Bertz CT molecular complexity index is 567.